The summed E-state index contributed by atoms with van der Waals surface area (Å²) in [6.45, 7) is 4.98. The van der Waals surface area contributed by atoms with E-state index < -0.39 is 17.5 Å². The Hall–Kier alpha value is -3.29. The Morgan fingerprint density at radius 3 is 2.63 bits per heavy atom. The standard InChI is InChI=1S/C22H21F3N4O/c1-12(2)29-5-6-30-22-16(24)9-14(10-19(22)29)21-17(25)11-27-20(28-21)8-13-3-4-18(26)15(23)7-13/h3-4,7,9-12H,5-6,8,26H2,1-2H3. The lowest BCUT2D eigenvalue weighted by atomic mass is 10.1. The Morgan fingerprint density at radius 1 is 1.10 bits per heavy atom. The fourth-order valence-electron chi connectivity index (χ4n) is 3.53. The van der Waals surface area contributed by atoms with Gasteiger partial charge in [0.05, 0.1) is 24.1 Å². The van der Waals surface area contributed by atoms with Gasteiger partial charge < -0.3 is 15.4 Å². The van der Waals surface area contributed by atoms with Gasteiger partial charge in [0, 0.05) is 18.0 Å². The molecular weight excluding hydrogens is 393 g/mol. The van der Waals surface area contributed by atoms with E-state index in [0.717, 1.165) is 6.20 Å². The number of halogens is 3. The van der Waals surface area contributed by atoms with E-state index in [1.807, 2.05) is 18.7 Å². The molecule has 1 aliphatic rings. The molecule has 2 N–H and O–H groups in total. The Kier molecular flexibility index (Phi) is 5.24. The topological polar surface area (TPSA) is 64.3 Å². The maximum atomic E-state index is 14.7. The number of fused-ring (bicyclic) bond motifs is 1. The first-order valence-corrected chi connectivity index (χ1v) is 9.62. The third-order valence-corrected chi connectivity index (χ3v) is 5.03. The van der Waals surface area contributed by atoms with Crippen molar-refractivity contribution in [2.45, 2.75) is 26.3 Å². The Balaban J connectivity index is 1.73. The van der Waals surface area contributed by atoms with Crippen molar-refractivity contribution in [2.75, 3.05) is 23.8 Å². The predicted octanol–water partition coefficient (Wildman–Crippen LogP) is 4.34. The Morgan fingerprint density at radius 2 is 1.90 bits per heavy atom. The number of hydrogen-bond acceptors (Lipinski definition) is 5. The van der Waals surface area contributed by atoms with Crippen molar-refractivity contribution in [3.05, 3.63) is 65.4 Å². The lowest BCUT2D eigenvalue weighted by Crippen LogP contribution is -2.38. The van der Waals surface area contributed by atoms with Gasteiger partial charge in [0.25, 0.3) is 0 Å². The molecule has 1 aromatic heterocycles. The van der Waals surface area contributed by atoms with E-state index in [1.165, 1.54) is 18.2 Å². The van der Waals surface area contributed by atoms with Crippen LogP contribution in [0, 0.1) is 17.5 Å². The van der Waals surface area contributed by atoms with Crippen LogP contribution in [0.15, 0.2) is 36.5 Å². The zero-order chi connectivity index (χ0) is 21.4. The Labute approximate surface area is 172 Å². The second-order valence-electron chi connectivity index (χ2n) is 7.46. The molecule has 0 fully saturated rings. The summed E-state index contributed by atoms with van der Waals surface area (Å²) in [5.41, 5.74) is 6.96. The fourth-order valence-corrected chi connectivity index (χ4v) is 3.53. The van der Waals surface area contributed by atoms with Crippen molar-refractivity contribution in [3.63, 3.8) is 0 Å². The van der Waals surface area contributed by atoms with Crippen LogP contribution in [-0.2, 0) is 6.42 Å². The van der Waals surface area contributed by atoms with Gasteiger partial charge in [0.2, 0.25) is 0 Å². The number of aromatic nitrogens is 2. The first-order valence-electron chi connectivity index (χ1n) is 9.62. The fraction of sp³-hybridized carbons (Fsp3) is 0.273. The lowest BCUT2D eigenvalue weighted by molar-refractivity contribution is 0.287. The van der Waals surface area contributed by atoms with Gasteiger partial charge in [-0.05, 0) is 43.7 Å². The molecule has 156 valence electrons. The van der Waals surface area contributed by atoms with Crippen LogP contribution in [0.3, 0.4) is 0 Å². The van der Waals surface area contributed by atoms with Crippen molar-refractivity contribution in [3.8, 4) is 17.0 Å². The molecule has 2 aromatic carbocycles. The average Bonchev–Trinajstić information content (AvgIpc) is 2.71. The van der Waals surface area contributed by atoms with Gasteiger partial charge in [-0.1, -0.05) is 6.07 Å². The molecule has 1 aliphatic heterocycles. The molecule has 0 saturated carbocycles. The molecule has 30 heavy (non-hydrogen) atoms. The first-order chi connectivity index (χ1) is 14.3. The summed E-state index contributed by atoms with van der Waals surface area (Å²) in [6, 6.07) is 7.40. The van der Waals surface area contributed by atoms with E-state index in [-0.39, 0.29) is 41.0 Å². The van der Waals surface area contributed by atoms with Crippen molar-refractivity contribution >= 4 is 11.4 Å². The lowest BCUT2D eigenvalue weighted by Gasteiger charge is -2.34. The predicted molar refractivity (Wildman–Crippen MR) is 109 cm³/mol. The SMILES string of the molecule is CC(C)N1CCOc2c(F)cc(-c3nc(Cc4ccc(N)c(F)c4)ncc3F)cc21. The Bertz CT molecular complexity index is 1100. The van der Waals surface area contributed by atoms with Crippen molar-refractivity contribution in [2.24, 2.45) is 0 Å². The van der Waals surface area contributed by atoms with Crippen molar-refractivity contribution < 1.29 is 17.9 Å². The summed E-state index contributed by atoms with van der Waals surface area (Å²) < 4.78 is 48.5. The zero-order valence-corrected chi connectivity index (χ0v) is 16.6. The summed E-state index contributed by atoms with van der Waals surface area (Å²) in [5, 5.41) is 0. The molecule has 0 atom stereocenters. The van der Waals surface area contributed by atoms with Gasteiger partial charge in [-0.2, -0.15) is 0 Å². The molecule has 3 aromatic rings. The third kappa shape index (κ3) is 3.77. The number of ether oxygens (including phenoxy) is 1. The summed E-state index contributed by atoms with van der Waals surface area (Å²) in [5.74, 6) is -1.35. The first kappa shape index (κ1) is 20.0. The van der Waals surface area contributed by atoms with Gasteiger partial charge in [0.1, 0.15) is 23.9 Å². The molecule has 0 aliphatic carbocycles. The number of nitrogens with two attached hydrogens (primary N) is 1. The van der Waals surface area contributed by atoms with E-state index in [1.54, 1.807) is 12.1 Å². The number of nitrogens with zero attached hydrogens (tertiary/aromatic N) is 3. The highest BCUT2D eigenvalue weighted by molar-refractivity contribution is 5.72. The molecule has 8 heteroatoms. The molecule has 0 spiro atoms. The highest BCUT2D eigenvalue weighted by Crippen LogP contribution is 2.39. The molecule has 2 heterocycles. The van der Waals surface area contributed by atoms with Crippen LogP contribution >= 0.6 is 0 Å². The molecule has 0 amide bonds. The maximum absolute atomic E-state index is 14.7. The minimum atomic E-state index is -0.672. The van der Waals surface area contributed by atoms with E-state index in [9.17, 15) is 13.2 Å². The quantitative estimate of drug-likeness (QED) is 0.644. The number of rotatable bonds is 4. The second kappa shape index (κ2) is 7.85. The smallest absolute Gasteiger partial charge is 0.178 e. The highest BCUT2D eigenvalue weighted by Gasteiger charge is 2.25. The van der Waals surface area contributed by atoms with Crippen LogP contribution in [-0.4, -0.2) is 29.2 Å². The van der Waals surface area contributed by atoms with Crippen LogP contribution in [0.25, 0.3) is 11.3 Å². The monoisotopic (exact) mass is 414 g/mol. The number of hydrogen-bond donors (Lipinski definition) is 1. The summed E-state index contributed by atoms with van der Waals surface area (Å²) in [6.07, 6.45) is 1.22. The molecular formula is C22H21F3N4O. The second-order valence-corrected chi connectivity index (χ2v) is 7.46. The molecule has 5 nitrogen and oxygen atoms in total. The van der Waals surface area contributed by atoms with Gasteiger partial charge in [-0.25, -0.2) is 23.1 Å². The van der Waals surface area contributed by atoms with E-state index in [4.69, 9.17) is 10.5 Å². The zero-order valence-electron chi connectivity index (χ0n) is 16.6. The molecule has 0 saturated heterocycles. The minimum Gasteiger partial charge on any atom is -0.486 e. The van der Waals surface area contributed by atoms with E-state index >= 15 is 0 Å². The van der Waals surface area contributed by atoms with Crippen molar-refractivity contribution in [1.29, 1.82) is 0 Å². The van der Waals surface area contributed by atoms with Crippen molar-refractivity contribution in [1.82, 2.24) is 9.97 Å². The number of nitrogen functional groups attached to an aromatic ring is 1. The van der Waals surface area contributed by atoms with E-state index in [2.05, 4.69) is 9.97 Å². The van der Waals surface area contributed by atoms with Gasteiger partial charge in [-0.3, -0.25) is 0 Å². The van der Waals surface area contributed by atoms with E-state index in [0.29, 0.717) is 24.4 Å². The maximum Gasteiger partial charge on any atom is 0.178 e. The minimum absolute atomic E-state index is 0.0214. The molecule has 4 rings (SSSR count). The van der Waals surface area contributed by atoms with Crippen LogP contribution < -0.4 is 15.4 Å². The van der Waals surface area contributed by atoms with Crippen LogP contribution in [0.5, 0.6) is 5.75 Å². The van der Waals surface area contributed by atoms with Crippen LogP contribution in [0.1, 0.15) is 25.2 Å². The molecule has 0 radical (unpaired) electrons. The normalized spacial score (nSPS) is 13.3. The summed E-state index contributed by atoms with van der Waals surface area (Å²) in [7, 11) is 0. The van der Waals surface area contributed by atoms with Gasteiger partial charge >= 0.3 is 0 Å². The number of benzene rings is 2. The van der Waals surface area contributed by atoms with Gasteiger partial charge in [-0.15, -0.1) is 0 Å². The highest BCUT2D eigenvalue weighted by atomic mass is 19.1. The largest absolute Gasteiger partial charge is 0.486 e. The third-order valence-electron chi connectivity index (χ3n) is 5.03. The number of anilines is 2. The molecule has 0 unspecified atom stereocenters. The average molecular weight is 414 g/mol. The van der Waals surface area contributed by atoms with Crippen LogP contribution in [0.2, 0.25) is 0 Å². The van der Waals surface area contributed by atoms with Gasteiger partial charge in [0.15, 0.2) is 17.4 Å². The summed E-state index contributed by atoms with van der Waals surface area (Å²) >= 11 is 0. The summed E-state index contributed by atoms with van der Waals surface area (Å²) in [4.78, 5) is 10.3. The molecule has 0 bridgehead atoms. The van der Waals surface area contributed by atoms with Crippen LogP contribution in [0.4, 0.5) is 24.5 Å².